The maximum atomic E-state index is 13.1. The van der Waals surface area contributed by atoms with Crippen LogP contribution in [0, 0.1) is 0 Å². The third kappa shape index (κ3) is 2.47. The number of aromatic hydroxyl groups is 1. The van der Waals surface area contributed by atoms with Gasteiger partial charge in [-0.1, -0.05) is 0 Å². The van der Waals surface area contributed by atoms with Crippen LogP contribution in [0.25, 0.3) is 0 Å². The van der Waals surface area contributed by atoms with Crippen molar-refractivity contribution in [3.63, 3.8) is 0 Å². The summed E-state index contributed by atoms with van der Waals surface area (Å²) in [7, 11) is 1.07. The van der Waals surface area contributed by atoms with E-state index in [0.29, 0.717) is 0 Å². The van der Waals surface area contributed by atoms with E-state index in [0.717, 1.165) is 25.3 Å². The molecule has 18 heavy (non-hydrogen) atoms. The molecule has 0 saturated heterocycles. The van der Waals surface area contributed by atoms with Gasteiger partial charge < -0.3 is 15.6 Å². The Hall–Kier alpha value is -1.57. The molecule has 0 heterocycles. The van der Waals surface area contributed by atoms with Crippen LogP contribution in [-0.4, -0.2) is 24.3 Å². The van der Waals surface area contributed by atoms with Gasteiger partial charge in [0.15, 0.2) is 0 Å². The molecular weight excluding hydrogens is 261 g/mol. The first-order chi connectivity index (χ1) is 8.11. The van der Waals surface area contributed by atoms with E-state index >= 15 is 0 Å². The summed E-state index contributed by atoms with van der Waals surface area (Å²) in [6.45, 7) is 0. The highest BCUT2D eigenvalue weighted by Crippen LogP contribution is 2.45. The van der Waals surface area contributed by atoms with Crippen molar-refractivity contribution in [2.24, 2.45) is 5.73 Å². The highest BCUT2D eigenvalue weighted by molar-refractivity contribution is 5.42. The van der Waals surface area contributed by atoms with Gasteiger partial charge >= 0.3 is 12.1 Å². The number of halogens is 5. The predicted molar refractivity (Wildman–Crippen MR) is 52.6 cm³/mol. The number of phenolic OH excluding ortho intramolecular Hbond substituents is 1. The molecule has 1 rings (SSSR count). The Balaban J connectivity index is 3.23. The number of hydrogen-bond acceptors (Lipinski definition) is 3. The standard InChI is InChI=1S/C10H10F5NO2/c1-18-7-4-5(17)2-3-6(7)8(16)9(11,12)10(13,14)15/h2-4,8,17H,16H2,1H3/t8-/m0/s1. The number of rotatable bonds is 3. The maximum absolute atomic E-state index is 13.1. The Morgan fingerprint density at radius 2 is 1.78 bits per heavy atom. The van der Waals surface area contributed by atoms with Crippen molar-refractivity contribution in [1.29, 1.82) is 0 Å². The molecule has 8 heteroatoms. The molecule has 0 bridgehead atoms. The molecule has 0 unspecified atom stereocenters. The van der Waals surface area contributed by atoms with Crippen LogP contribution >= 0.6 is 0 Å². The number of alkyl halides is 5. The quantitative estimate of drug-likeness (QED) is 0.831. The molecule has 0 radical (unpaired) electrons. The smallest absolute Gasteiger partial charge is 0.455 e. The minimum absolute atomic E-state index is 0.335. The second-order valence-corrected chi connectivity index (χ2v) is 3.52. The van der Waals surface area contributed by atoms with Crippen LogP contribution in [0.3, 0.4) is 0 Å². The monoisotopic (exact) mass is 271 g/mol. The molecule has 1 aromatic carbocycles. The van der Waals surface area contributed by atoms with E-state index in [2.05, 4.69) is 4.74 Å². The molecule has 0 amide bonds. The van der Waals surface area contributed by atoms with Gasteiger partial charge in [0.2, 0.25) is 0 Å². The summed E-state index contributed by atoms with van der Waals surface area (Å²) >= 11 is 0. The first-order valence-electron chi connectivity index (χ1n) is 4.68. The van der Waals surface area contributed by atoms with Crippen molar-refractivity contribution >= 4 is 0 Å². The van der Waals surface area contributed by atoms with Crippen molar-refractivity contribution in [1.82, 2.24) is 0 Å². The molecule has 102 valence electrons. The second kappa shape index (κ2) is 4.60. The lowest BCUT2D eigenvalue weighted by Crippen LogP contribution is -2.45. The lowest BCUT2D eigenvalue weighted by Gasteiger charge is -2.26. The summed E-state index contributed by atoms with van der Waals surface area (Å²) in [4.78, 5) is 0. The van der Waals surface area contributed by atoms with Gasteiger partial charge in [0.25, 0.3) is 0 Å². The van der Waals surface area contributed by atoms with Crippen LogP contribution in [0.5, 0.6) is 11.5 Å². The zero-order valence-electron chi connectivity index (χ0n) is 9.13. The van der Waals surface area contributed by atoms with E-state index in [4.69, 9.17) is 10.8 Å². The van der Waals surface area contributed by atoms with Crippen LogP contribution in [-0.2, 0) is 0 Å². The van der Waals surface area contributed by atoms with Gasteiger partial charge in [0.05, 0.1) is 7.11 Å². The summed E-state index contributed by atoms with van der Waals surface area (Å²) in [5, 5.41) is 9.08. The molecule has 3 N–H and O–H groups in total. The molecular formula is C10H10F5NO2. The molecule has 0 saturated carbocycles. The van der Waals surface area contributed by atoms with E-state index in [1.165, 1.54) is 0 Å². The number of benzene rings is 1. The Morgan fingerprint density at radius 3 is 2.22 bits per heavy atom. The maximum Gasteiger partial charge on any atom is 0.455 e. The first-order valence-corrected chi connectivity index (χ1v) is 4.68. The van der Waals surface area contributed by atoms with Gasteiger partial charge in [-0.15, -0.1) is 0 Å². The zero-order valence-corrected chi connectivity index (χ0v) is 9.13. The van der Waals surface area contributed by atoms with Crippen LogP contribution < -0.4 is 10.5 Å². The Kier molecular flexibility index (Phi) is 3.70. The van der Waals surface area contributed by atoms with E-state index < -0.39 is 23.7 Å². The fraction of sp³-hybridized carbons (Fsp3) is 0.400. The molecule has 1 atom stereocenters. The van der Waals surface area contributed by atoms with E-state index in [9.17, 15) is 22.0 Å². The minimum Gasteiger partial charge on any atom is -0.508 e. The molecule has 0 aromatic heterocycles. The third-order valence-corrected chi connectivity index (χ3v) is 2.32. The van der Waals surface area contributed by atoms with E-state index in [1.54, 1.807) is 0 Å². The molecule has 0 fully saturated rings. The van der Waals surface area contributed by atoms with E-state index in [1.807, 2.05) is 0 Å². The molecule has 3 nitrogen and oxygen atoms in total. The fourth-order valence-corrected chi connectivity index (χ4v) is 1.33. The Bertz CT molecular complexity index is 433. The highest BCUT2D eigenvalue weighted by atomic mass is 19.4. The van der Waals surface area contributed by atoms with Crippen LogP contribution in [0.4, 0.5) is 22.0 Å². The van der Waals surface area contributed by atoms with E-state index in [-0.39, 0.29) is 11.5 Å². The van der Waals surface area contributed by atoms with Crippen LogP contribution in [0.2, 0.25) is 0 Å². The SMILES string of the molecule is COc1cc(O)ccc1[C@H](N)C(F)(F)C(F)(F)F. The lowest BCUT2D eigenvalue weighted by atomic mass is 10.00. The molecule has 1 aromatic rings. The van der Waals surface area contributed by atoms with Gasteiger partial charge in [-0.25, -0.2) is 0 Å². The summed E-state index contributed by atoms with van der Waals surface area (Å²) in [6, 6.07) is 0.0951. The third-order valence-electron chi connectivity index (χ3n) is 2.32. The summed E-state index contributed by atoms with van der Waals surface area (Å²) in [5.41, 5.74) is 4.41. The minimum atomic E-state index is -5.77. The van der Waals surface area contributed by atoms with Crippen molar-refractivity contribution in [3.05, 3.63) is 23.8 Å². The van der Waals surface area contributed by atoms with Crippen molar-refractivity contribution in [3.8, 4) is 11.5 Å². The van der Waals surface area contributed by atoms with Crippen molar-refractivity contribution in [2.45, 2.75) is 18.1 Å². The number of phenols is 1. The average Bonchev–Trinajstić information content (AvgIpc) is 2.26. The predicted octanol–water partition coefficient (Wildman–Crippen LogP) is 2.60. The number of ether oxygens (including phenoxy) is 1. The fourth-order valence-electron chi connectivity index (χ4n) is 1.33. The largest absolute Gasteiger partial charge is 0.508 e. The topological polar surface area (TPSA) is 55.5 Å². The summed E-state index contributed by atoms with van der Waals surface area (Å²) < 4.78 is 67.2. The number of hydrogen-bond donors (Lipinski definition) is 2. The normalized spacial score (nSPS) is 14.4. The van der Waals surface area contributed by atoms with Crippen LogP contribution in [0.15, 0.2) is 18.2 Å². The molecule has 0 spiro atoms. The van der Waals surface area contributed by atoms with Crippen molar-refractivity contribution in [2.75, 3.05) is 7.11 Å². The van der Waals surface area contributed by atoms with Gasteiger partial charge in [-0.3, -0.25) is 0 Å². The number of methoxy groups -OCH3 is 1. The average molecular weight is 271 g/mol. The zero-order chi connectivity index (χ0) is 14.1. The van der Waals surface area contributed by atoms with Gasteiger partial charge in [-0.2, -0.15) is 22.0 Å². The first kappa shape index (κ1) is 14.5. The number of nitrogens with two attached hydrogens (primary N) is 1. The molecule has 0 aliphatic rings. The Labute approximate surface area is 99.0 Å². The van der Waals surface area contributed by atoms with Gasteiger partial charge in [-0.05, 0) is 12.1 Å². The van der Waals surface area contributed by atoms with Gasteiger partial charge in [0, 0.05) is 11.6 Å². The molecule has 0 aliphatic carbocycles. The highest BCUT2D eigenvalue weighted by Gasteiger charge is 2.62. The summed E-state index contributed by atoms with van der Waals surface area (Å²) in [5.74, 6) is -5.78. The van der Waals surface area contributed by atoms with Crippen molar-refractivity contribution < 1.29 is 31.8 Å². The summed E-state index contributed by atoms with van der Waals surface area (Å²) in [6.07, 6.45) is -5.77. The second-order valence-electron chi connectivity index (χ2n) is 3.52. The Morgan fingerprint density at radius 1 is 1.22 bits per heavy atom. The lowest BCUT2D eigenvalue weighted by molar-refractivity contribution is -0.291. The van der Waals surface area contributed by atoms with Gasteiger partial charge in [0.1, 0.15) is 17.5 Å². The van der Waals surface area contributed by atoms with Crippen LogP contribution in [0.1, 0.15) is 11.6 Å². The molecule has 0 aliphatic heterocycles.